The van der Waals surface area contributed by atoms with Crippen LogP contribution in [0.25, 0.3) is 22.2 Å². The Kier molecular flexibility index (Phi) is 6.54. The smallest absolute Gasteiger partial charge is 0.413 e. The molecule has 0 unspecified atom stereocenters. The fraction of sp³-hybridized carbons (Fsp3) is 0.500. The predicted octanol–water partition coefficient (Wildman–Crippen LogP) is 1.38. The summed E-state index contributed by atoms with van der Waals surface area (Å²) in [4.78, 5) is 45.4. The first-order valence-electron chi connectivity index (χ1n) is 10.4. The Balaban J connectivity index is 1.77. The number of hydrogen-bond acceptors (Lipinski definition) is 6. The Morgan fingerprint density at radius 1 is 1.13 bits per heavy atom. The molecule has 0 atom stereocenters. The van der Waals surface area contributed by atoms with Crippen LogP contribution in [0.2, 0.25) is 0 Å². The Hall–Kier alpha value is -3.07. The van der Waals surface area contributed by atoms with Gasteiger partial charge >= 0.3 is 17.3 Å². The Labute approximate surface area is 179 Å². The van der Waals surface area contributed by atoms with E-state index in [1.165, 1.54) is 0 Å². The number of H-pyrrole nitrogens is 2. The average Bonchev–Trinajstić information content (AvgIpc) is 2.64. The van der Waals surface area contributed by atoms with Gasteiger partial charge in [0.2, 0.25) is 5.52 Å². The van der Waals surface area contributed by atoms with Gasteiger partial charge in [0.25, 0.3) is 5.56 Å². The van der Waals surface area contributed by atoms with Crippen LogP contribution in [0.5, 0.6) is 0 Å². The summed E-state index contributed by atoms with van der Waals surface area (Å²) >= 11 is 0. The van der Waals surface area contributed by atoms with E-state index in [2.05, 4.69) is 20.3 Å². The lowest BCUT2D eigenvalue weighted by atomic mass is 10.1. The first-order valence-corrected chi connectivity index (χ1v) is 10.4. The molecule has 0 aliphatic heterocycles. The minimum absolute atomic E-state index is 0.159. The van der Waals surface area contributed by atoms with Crippen LogP contribution in [-0.4, -0.2) is 39.6 Å². The van der Waals surface area contributed by atoms with Gasteiger partial charge in [-0.3, -0.25) is 14.6 Å². The van der Waals surface area contributed by atoms with Crippen LogP contribution in [0.4, 0.5) is 0 Å². The van der Waals surface area contributed by atoms with Crippen molar-refractivity contribution in [2.24, 2.45) is 0 Å². The molecule has 9 heteroatoms. The van der Waals surface area contributed by atoms with Crippen LogP contribution in [-0.2, 0) is 16.1 Å². The topological polar surface area (TPSA) is 121 Å². The standard InChI is InChI=1S/C22H29N5O4/c1-13-10-15-16(11-14(13)2)27(19-18(24-15)20(29)26-21(30)25-19)9-7-6-8-23-12-17(28)31-22(3,4)5/h10-11,23H,6-9,12H2,1-5H3,(H,26,29,30)/p+1. The number of nitrogens with zero attached hydrogens (tertiary/aromatic N) is 2. The van der Waals surface area contributed by atoms with E-state index in [0.29, 0.717) is 24.3 Å². The van der Waals surface area contributed by atoms with Gasteiger partial charge in [-0.2, -0.15) is 4.98 Å². The zero-order valence-electron chi connectivity index (χ0n) is 18.7. The number of fused-ring (bicyclic) bond motifs is 2. The number of nitrogens with one attached hydrogen (secondary N) is 3. The molecule has 0 saturated carbocycles. The normalized spacial score (nSPS) is 11.9. The maximum absolute atomic E-state index is 12.3. The fourth-order valence-corrected chi connectivity index (χ4v) is 3.42. The third-order valence-corrected chi connectivity index (χ3v) is 4.96. The molecule has 0 radical (unpaired) electrons. The monoisotopic (exact) mass is 428 g/mol. The third-order valence-electron chi connectivity index (χ3n) is 4.96. The first-order chi connectivity index (χ1) is 14.5. The highest BCUT2D eigenvalue weighted by Gasteiger charge is 2.19. The van der Waals surface area contributed by atoms with E-state index < -0.39 is 16.9 Å². The molecule has 0 aliphatic carbocycles. The van der Waals surface area contributed by atoms with Gasteiger partial charge in [-0.1, -0.05) is 0 Å². The first kappa shape index (κ1) is 22.6. The second-order valence-corrected chi connectivity index (χ2v) is 8.76. The summed E-state index contributed by atoms with van der Waals surface area (Å²) in [6.07, 6.45) is 1.58. The summed E-state index contributed by atoms with van der Waals surface area (Å²) in [5.74, 6) is -0.282. The molecule has 0 saturated heterocycles. The van der Waals surface area contributed by atoms with Crippen molar-refractivity contribution < 1.29 is 14.1 Å². The van der Waals surface area contributed by atoms with E-state index in [1.807, 2.05) is 51.3 Å². The zero-order valence-corrected chi connectivity index (χ0v) is 18.7. The molecule has 3 N–H and O–H groups in total. The quantitative estimate of drug-likeness (QED) is 0.226. The molecule has 166 valence electrons. The largest absolute Gasteiger partial charge is 0.459 e. The minimum atomic E-state index is -0.560. The molecule has 0 amide bonds. The molecule has 2 heterocycles. The van der Waals surface area contributed by atoms with Crippen LogP contribution < -0.4 is 21.1 Å². The predicted molar refractivity (Wildman–Crippen MR) is 118 cm³/mol. The van der Waals surface area contributed by atoms with E-state index in [4.69, 9.17) is 4.74 Å². The highest BCUT2D eigenvalue weighted by atomic mass is 16.6. The highest BCUT2D eigenvalue weighted by Crippen LogP contribution is 2.16. The van der Waals surface area contributed by atoms with Crippen LogP contribution in [0.1, 0.15) is 44.7 Å². The summed E-state index contributed by atoms with van der Waals surface area (Å²) < 4.78 is 7.21. The van der Waals surface area contributed by atoms with E-state index in [0.717, 1.165) is 29.5 Å². The number of ether oxygens (including phenoxy) is 1. The third kappa shape index (κ3) is 5.55. The number of hydrogen-bond donors (Lipinski definition) is 3. The fourth-order valence-electron chi connectivity index (χ4n) is 3.42. The number of aryl methyl sites for hydroxylation is 3. The van der Waals surface area contributed by atoms with Gasteiger partial charge < -0.3 is 10.1 Å². The number of benzene rings is 1. The van der Waals surface area contributed by atoms with Gasteiger partial charge in [0.15, 0.2) is 5.52 Å². The number of carbonyl (C=O) groups is 1. The minimum Gasteiger partial charge on any atom is -0.459 e. The lowest BCUT2D eigenvalue weighted by Gasteiger charge is -2.19. The number of rotatable bonds is 7. The molecule has 3 rings (SSSR count). The maximum Gasteiger partial charge on any atom is 0.413 e. The van der Waals surface area contributed by atoms with Gasteiger partial charge in [0.1, 0.15) is 11.1 Å². The molecule has 31 heavy (non-hydrogen) atoms. The van der Waals surface area contributed by atoms with Crippen LogP contribution in [0.15, 0.2) is 21.7 Å². The molecule has 0 spiro atoms. The number of unbranched alkanes of at least 4 members (excludes halogenated alkanes) is 1. The van der Waals surface area contributed by atoms with Crippen molar-refractivity contribution in [3.8, 4) is 0 Å². The van der Waals surface area contributed by atoms with E-state index in [1.54, 1.807) is 0 Å². The molecule has 3 aromatic rings. The van der Waals surface area contributed by atoms with Gasteiger partial charge in [0, 0.05) is 0 Å². The van der Waals surface area contributed by atoms with Gasteiger partial charge in [-0.15, -0.1) is 0 Å². The van der Waals surface area contributed by atoms with E-state index in [-0.39, 0.29) is 18.0 Å². The highest BCUT2D eigenvalue weighted by molar-refractivity contribution is 5.80. The van der Waals surface area contributed by atoms with Crippen molar-refractivity contribution in [1.29, 1.82) is 0 Å². The SMILES string of the molecule is Cc1cc2nc3c(=O)[nH]c(=O)[nH]c3[n+](CCCCNCC(=O)OC(C)(C)C)c2cc1C. The van der Waals surface area contributed by atoms with Crippen molar-refractivity contribution in [1.82, 2.24) is 20.3 Å². The molecule has 1 aromatic carbocycles. The average molecular weight is 429 g/mol. The van der Waals surface area contributed by atoms with Gasteiger partial charge in [-0.25, -0.2) is 14.3 Å². The Morgan fingerprint density at radius 2 is 1.84 bits per heavy atom. The summed E-state index contributed by atoms with van der Waals surface area (Å²) in [6, 6.07) is 3.98. The van der Waals surface area contributed by atoms with Crippen molar-refractivity contribution in [2.75, 3.05) is 13.1 Å². The molecule has 0 fully saturated rings. The van der Waals surface area contributed by atoms with Crippen LogP contribution in [0, 0.1) is 13.8 Å². The zero-order chi connectivity index (χ0) is 22.8. The van der Waals surface area contributed by atoms with Gasteiger partial charge in [0.05, 0.1) is 13.1 Å². The number of carbonyl (C=O) groups excluding carboxylic acids is 1. The van der Waals surface area contributed by atoms with E-state index in [9.17, 15) is 14.4 Å². The molecule has 2 aromatic heterocycles. The molecule has 0 bridgehead atoms. The number of aromatic nitrogens is 4. The number of esters is 1. The lowest BCUT2D eigenvalue weighted by Crippen LogP contribution is -2.41. The summed E-state index contributed by atoms with van der Waals surface area (Å²) in [5.41, 5.74) is 2.80. The van der Waals surface area contributed by atoms with Gasteiger partial charge in [-0.05, 0) is 77.3 Å². The van der Waals surface area contributed by atoms with Crippen molar-refractivity contribution >= 4 is 28.2 Å². The summed E-state index contributed by atoms with van der Waals surface area (Å²) in [5, 5.41) is 3.09. The lowest BCUT2D eigenvalue weighted by molar-refractivity contribution is -0.648. The van der Waals surface area contributed by atoms with Crippen LogP contribution >= 0.6 is 0 Å². The molecular formula is C22H30N5O4+. The van der Waals surface area contributed by atoms with E-state index >= 15 is 0 Å². The maximum atomic E-state index is 12.3. The Morgan fingerprint density at radius 3 is 2.55 bits per heavy atom. The van der Waals surface area contributed by atoms with Crippen molar-refractivity contribution in [3.05, 3.63) is 44.1 Å². The molecule has 9 nitrogen and oxygen atoms in total. The summed E-state index contributed by atoms with van der Waals surface area (Å²) in [7, 11) is 0. The van der Waals surface area contributed by atoms with Crippen molar-refractivity contribution in [3.63, 3.8) is 0 Å². The second-order valence-electron chi connectivity index (χ2n) is 8.76. The second kappa shape index (κ2) is 8.97. The molecule has 0 aliphatic rings. The summed E-state index contributed by atoms with van der Waals surface area (Å²) in [6.45, 7) is 10.9. The number of aromatic amines is 2. The van der Waals surface area contributed by atoms with Crippen molar-refractivity contribution in [2.45, 2.75) is 59.6 Å². The van der Waals surface area contributed by atoms with Crippen LogP contribution in [0.3, 0.4) is 0 Å². The molecular weight excluding hydrogens is 398 g/mol. The Bertz CT molecular complexity index is 1240.